The number of carbonyl (C=O) groups excluding carboxylic acids is 1. The number of amides is 1. The molecule has 0 aliphatic heterocycles. The van der Waals surface area contributed by atoms with Crippen LogP contribution in [-0.4, -0.2) is 15.6 Å². The van der Waals surface area contributed by atoms with E-state index in [1.807, 2.05) is 31.2 Å². The van der Waals surface area contributed by atoms with Gasteiger partial charge in [-0.3, -0.25) is 4.57 Å². The van der Waals surface area contributed by atoms with Crippen LogP contribution in [0.2, 0.25) is 0 Å². The van der Waals surface area contributed by atoms with Gasteiger partial charge in [-0.05, 0) is 12.5 Å². The molecule has 1 amide bonds. The van der Waals surface area contributed by atoms with Crippen LogP contribution < -0.4 is 5.32 Å². The second-order valence-corrected chi connectivity index (χ2v) is 3.62. The summed E-state index contributed by atoms with van der Waals surface area (Å²) < 4.78 is 1.41. The van der Waals surface area contributed by atoms with Crippen LogP contribution in [0.3, 0.4) is 0 Å². The molecule has 1 heterocycles. The minimum Gasteiger partial charge on any atom is -0.333 e. The molecule has 1 N–H and O–H groups in total. The average molecular weight is 215 g/mol. The van der Waals surface area contributed by atoms with Crippen LogP contribution >= 0.6 is 0 Å². The van der Waals surface area contributed by atoms with Crippen LogP contribution in [0.15, 0.2) is 43.0 Å². The van der Waals surface area contributed by atoms with Crippen LogP contribution in [0, 0.1) is 6.92 Å². The second-order valence-electron chi connectivity index (χ2n) is 3.62. The number of nitrogens with one attached hydrogen (secondary N) is 1. The highest BCUT2D eigenvalue weighted by molar-refractivity contribution is 5.76. The largest absolute Gasteiger partial charge is 0.333 e. The molecular formula is C12H13N3O. The molecule has 16 heavy (non-hydrogen) atoms. The van der Waals surface area contributed by atoms with Gasteiger partial charge in [-0.25, -0.2) is 9.78 Å². The van der Waals surface area contributed by atoms with Crippen molar-refractivity contribution in [3.8, 4) is 0 Å². The predicted octanol–water partition coefficient (Wildman–Crippen LogP) is 1.95. The first kappa shape index (κ1) is 10.4. The molecule has 0 saturated carbocycles. The number of carbonyl (C=O) groups is 1. The molecule has 0 aliphatic rings. The molecule has 0 unspecified atom stereocenters. The number of imidazole rings is 1. The van der Waals surface area contributed by atoms with E-state index in [2.05, 4.69) is 10.3 Å². The summed E-state index contributed by atoms with van der Waals surface area (Å²) in [4.78, 5) is 15.4. The van der Waals surface area contributed by atoms with E-state index in [0.29, 0.717) is 6.54 Å². The molecule has 0 radical (unpaired) electrons. The predicted molar refractivity (Wildman–Crippen MR) is 61.0 cm³/mol. The molecule has 4 nitrogen and oxygen atoms in total. The Bertz CT molecular complexity index is 477. The summed E-state index contributed by atoms with van der Waals surface area (Å²) in [6.07, 6.45) is 4.67. The van der Waals surface area contributed by atoms with Gasteiger partial charge in [0.15, 0.2) is 0 Å². The van der Waals surface area contributed by atoms with Crippen LogP contribution in [-0.2, 0) is 6.54 Å². The normalized spacial score (nSPS) is 10.1. The number of rotatable bonds is 2. The maximum atomic E-state index is 11.6. The second kappa shape index (κ2) is 4.61. The molecule has 82 valence electrons. The summed E-state index contributed by atoms with van der Waals surface area (Å²) in [5.74, 6) is 0. The average Bonchev–Trinajstić information content (AvgIpc) is 2.79. The van der Waals surface area contributed by atoms with Crippen molar-refractivity contribution in [2.24, 2.45) is 0 Å². The van der Waals surface area contributed by atoms with Gasteiger partial charge in [0, 0.05) is 18.9 Å². The summed E-state index contributed by atoms with van der Waals surface area (Å²) in [6.45, 7) is 2.56. The third kappa shape index (κ3) is 2.48. The van der Waals surface area contributed by atoms with Crippen molar-refractivity contribution in [2.45, 2.75) is 13.5 Å². The number of hydrogen-bond donors (Lipinski definition) is 1. The molecule has 0 spiro atoms. The van der Waals surface area contributed by atoms with E-state index in [9.17, 15) is 4.79 Å². The zero-order valence-electron chi connectivity index (χ0n) is 9.05. The van der Waals surface area contributed by atoms with Gasteiger partial charge in [-0.15, -0.1) is 0 Å². The fourth-order valence-corrected chi connectivity index (χ4v) is 1.47. The summed E-state index contributed by atoms with van der Waals surface area (Å²) in [7, 11) is 0. The molecule has 0 saturated heterocycles. The fraction of sp³-hybridized carbons (Fsp3) is 0.167. The Morgan fingerprint density at radius 3 is 3.06 bits per heavy atom. The highest BCUT2D eigenvalue weighted by Gasteiger charge is 2.02. The van der Waals surface area contributed by atoms with Gasteiger partial charge in [0.2, 0.25) is 0 Å². The van der Waals surface area contributed by atoms with Gasteiger partial charge in [0.25, 0.3) is 0 Å². The highest BCUT2D eigenvalue weighted by atomic mass is 16.2. The van der Waals surface area contributed by atoms with E-state index >= 15 is 0 Å². The quantitative estimate of drug-likeness (QED) is 0.832. The zero-order valence-corrected chi connectivity index (χ0v) is 9.05. The Hall–Kier alpha value is -2.10. The van der Waals surface area contributed by atoms with Crippen LogP contribution in [0.4, 0.5) is 4.79 Å². The molecule has 2 aromatic rings. The Morgan fingerprint density at radius 1 is 1.50 bits per heavy atom. The van der Waals surface area contributed by atoms with Crippen molar-refractivity contribution < 1.29 is 4.79 Å². The summed E-state index contributed by atoms with van der Waals surface area (Å²) in [6, 6.07) is 7.88. The first-order chi connectivity index (χ1) is 7.75. The van der Waals surface area contributed by atoms with E-state index in [0.717, 1.165) is 5.56 Å². The minimum atomic E-state index is -0.168. The van der Waals surface area contributed by atoms with Crippen molar-refractivity contribution in [2.75, 3.05) is 0 Å². The lowest BCUT2D eigenvalue weighted by molar-refractivity contribution is 0.242. The smallest absolute Gasteiger partial charge is 0.327 e. The van der Waals surface area contributed by atoms with Crippen molar-refractivity contribution in [1.29, 1.82) is 0 Å². The summed E-state index contributed by atoms with van der Waals surface area (Å²) in [5.41, 5.74) is 2.28. The molecular weight excluding hydrogens is 202 g/mol. The fourth-order valence-electron chi connectivity index (χ4n) is 1.47. The van der Waals surface area contributed by atoms with Crippen molar-refractivity contribution in [1.82, 2.24) is 14.9 Å². The molecule has 0 bridgehead atoms. The Morgan fingerprint density at radius 2 is 2.38 bits per heavy atom. The van der Waals surface area contributed by atoms with Crippen LogP contribution in [0.1, 0.15) is 11.1 Å². The summed E-state index contributed by atoms with van der Waals surface area (Å²) >= 11 is 0. The van der Waals surface area contributed by atoms with Crippen LogP contribution in [0.5, 0.6) is 0 Å². The lowest BCUT2D eigenvalue weighted by atomic mass is 10.1. The van der Waals surface area contributed by atoms with E-state index in [1.54, 1.807) is 12.4 Å². The zero-order chi connectivity index (χ0) is 11.4. The van der Waals surface area contributed by atoms with Gasteiger partial charge in [-0.1, -0.05) is 29.8 Å². The topological polar surface area (TPSA) is 46.9 Å². The van der Waals surface area contributed by atoms with Gasteiger partial charge in [-0.2, -0.15) is 0 Å². The number of hydrogen-bond acceptors (Lipinski definition) is 2. The molecule has 2 rings (SSSR count). The van der Waals surface area contributed by atoms with Gasteiger partial charge >= 0.3 is 6.03 Å². The summed E-state index contributed by atoms with van der Waals surface area (Å²) in [5, 5.41) is 2.81. The number of aryl methyl sites for hydroxylation is 1. The van der Waals surface area contributed by atoms with E-state index in [1.165, 1.54) is 16.5 Å². The van der Waals surface area contributed by atoms with Gasteiger partial charge in [0.1, 0.15) is 6.33 Å². The van der Waals surface area contributed by atoms with Crippen molar-refractivity contribution in [3.63, 3.8) is 0 Å². The number of benzene rings is 1. The van der Waals surface area contributed by atoms with Crippen molar-refractivity contribution in [3.05, 3.63) is 54.1 Å². The third-order valence-corrected chi connectivity index (χ3v) is 2.27. The van der Waals surface area contributed by atoms with Crippen molar-refractivity contribution >= 4 is 6.03 Å². The Labute approximate surface area is 93.9 Å². The maximum absolute atomic E-state index is 11.6. The molecule has 0 fully saturated rings. The Balaban J connectivity index is 1.95. The first-order valence-corrected chi connectivity index (χ1v) is 5.07. The van der Waals surface area contributed by atoms with Gasteiger partial charge < -0.3 is 5.32 Å². The van der Waals surface area contributed by atoms with Gasteiger partial charge in [0.05, 0.1) is 0 Å². The lowest BCUT2D eigenvalue weighted by Crippen LogP contribution is -2.26. The Kier molecular flexibility index (Phi) is 3.00. The first-order valence-electron chi connectivity index (χ1n) is 5.07. The van der Waals surface area contributed by atoms with Crippen LogP contribution in [0.25, 0.3) is 0 Å². The van der Waals surface area contributed by atoms with E-state index < -0.39 is 0 Å². The molecule has 0 aliphatic carbocycles. The maximum Gasteiger partial charge on any atom is 0.327 e. The third-order valence-electron chi connectivity index (χ3n) is 2.27. The van der Waals surface area contributed by atoms with E-state index in [4.69, 9.17) is 0 Å². The monoisotopic (exact) mass is 215 g/mol. The molecule has 1 aromatic carbocycles. The van der Waals surface area contributed by atoms with E-state index in [-0.39, 0.29) is 6.03 Å². The number of nitrogens with zero attached hydrogens (tertiary/aromatic N) is 2. The molecule has 1 aromatic heterocycles. The minimum absolute atomic E-state index is 0.168. The standard InChI is InChI=1S/C12H13N3O/c1-10-3-2-4-11(7-10)8-14-12(16)15-6-5-13-9-15/h2-7,9H,8H2,1H3,(H,14,16). The molecule has 0 atom stereocenters. The molecule has 4 heteroatoms. The lowest BCUT2D eigenvalue weighted by Gasteiger charge is -2.05. The highest BCUT2D eigenvalue weighted by Crippen LogP contribution is 2.03. The number of aromatic nitrogens is 2. The SMILES string of the molecule is Cc1cccc(CNC(=O)n2ccnc2)c1.